The molecule has 148 valence electrons. The second-order valence-electron chi connectivity index (χ2n) is 6.42. The number of nitrogens with zero attached hydrogens (tertiary/aromatic N) is 6. The van der Waals surface area contributed by atoms with Crippen LogP contribution in [-0.2, 0) is 0 Å². The molecule has 0 aliphatic rings. The average molecular weight is 449 g/mol. The molecule has 4 rings (SSSR count). The SMILES string of the molecule is CC(C)n1c(Sc2nc3ccccn3c2[N+](=O)[O-])nnc1-c1ccc(Cl)cc1Cl. The highest BCUT2D eigenvalue weighted by Gasteiger charge is 2.27. The zero-order valence-corrected chi connectivity index (χ0v) is 17.6. The van der Waals surface area contributed by atoms with Gasteiger partial charge in [-0.05, 0) is 54.8 Å². The van der Waals surface area contributed by atoms with Gasteiger partial charge in [-0.3, -0.25) is 4.57 Å². The van der Waals surface area contributed by atoms with Gasteiger partial charge in [0.25, 0.3) is 0 Å². The molecule has 0 N–H and O–H groups in total. The van der Waals surface area contributed by atoms with Gasteiger partial charge in [0, 0.05) is 22.7 Å². The van der Waals surface area contributed by atoms with Crippen LogP contribution in [0.3, 0.4) is 0 Å². The summed E-state index contributed by atoms with van der Waals surface area (Å²) in [7, 11) is 0. The van der Waals surface area contributed by atoms with Crippen LogP contribution in [0.15, 0.2) is 52.8 Å². The maximum atomic E-state index is 11.7. The number of pyridine rings is 1. The van der Waals surface area contributed by atoms with Gasteiger partial charge in [-0.15, -0.1) is 10.2 Å². The molecule has 3 aromatic heterocycles. The minimum Gasteiger partial charge on any atom is -0.358 e. The van der Waals surface area contributed by atoms with Crippen LogP contribution in [0.1, 0.15) is 19.9 Å². The molecule has 0 atom stereocenters. The lowest BCUT2D eigenvalue weighted by atomic mass is 10.2. The summed E-state index contributed by atoms with van der Waals surface area (Å²) < 4.78 is 3.31. The molecule has 0 amide bonds. The first-order valence-electron chi connectivity index (χ1n) is 8.56. The predicted octanol–water partition coefficient (Wildman–Crippen LogP) is 5.54. The molecule has 0 radical (unpaired) electrons. The van der Waals surface area contributed by atoms with Gasteiger partial charge in [0.1, 0.15) is 0 Å². The first-order chi connectivity index (χ1) is 13.9. The minimum absolute atomic E-state index is 0.0228. The standard InChI is InChI=1S/C18H14Cl2N6O2S/c1-10(2)25-15(12-7-6-11(19)9-13(12)20)22-23-18(25)29-16-17(26(27)28)24-8-4-3-5-14(24)21-16/h3-10H,1-2H3. The summed E-state index contributed by atoms with van der Waals surface area (Å²) in [5.74, 6) is 0.436. The Morgan fingerprint density at radius 2 is 1.97 bits per heavy atom. The number of imidazole rings is 1. The highest BCUT2D eigenvalue weighted by molar-refractivity contribution is 7.99. The Bertz CT molecular complexity index is 1240. The number of rotatable bonds is 5. The zero-order valence-electron chi connectivity index (χ0n) is 15.3. The van der Waals surface area contributed by atoms with E-state index in [0.717, 1.165) is 11.8 Å². The van der Waals surface area contributed by atoms with E-state index in [9.17, 15) is 10.1 Å². The molecule has 4 aromatic rings. The zero-order chi connectivity index (χ0) is 20.7. The summed E-state index contributed by atoms with van der Waals surface area (Å²) in [4.78, 5) is 15.6. The number of hydrogen-bond acceptors (Lipinski definition) is 6. The normalized spacial score (nSPS) is 11.5. The predicted molar refractivity (Wildman–Crippen MR) is 112 cm³/mol. The molecule has 8 nitrogen and oxygen atoms in total. The van der Waals surface area contributed by atoms with E-state index in [2.05, 4.69) is 15.2 Å². The topological polar surface area (TPSA) is 91.2 Å². The van der Waals surface area contributed by atoms with Crippen LogP contribution in [0, 0.1) is 10.1 Å². The largest absolute Gasteiger partial charge is 0.362 e. The Balaban J connectivity index is 1.83. The summed E-state index contributed by atoms with van der Waals surface area (Å²) >= 11 is 13.4. The van der Waals surface area contributed by atoms with Crippen molar-refractivity contribution in [2.75, 3.05) is 0 Å². The van der Waals surface area contributed by atoms with Gasteiger partial charge >= 0.3 is 5.82 Å². The quantitative estimate of drug-likeness (QED) is 0.294. The Hall–Kier alpha value is -2.62. The molecule has 0 aliphatic heterocycles. The van der Waals surface area contributed by atoms with Crippen molar-refractivity contribution in [3.8, 4) is 11.4 Å². The van der Waals surface area contributed by atoms with E-state index in [1.807, 2.05) is 18.4 Å². The Morgan fingerprint density at radius 3 is 2.66 bits per heavy atom. The van der Waals surface area contributed by atoms with E-state index in [1.165, 1.54) is 4.40 Å². The average Bonchev–Trinajstić information content (AvgIpc) is 3.23. The number of aromatic nitrogens is 5. The number of hydrogen-bond donors (Lipinski definition) is 0. The monoisotopic (exact) mass is 448 g/mol. The van der Waals surface area contributed by atoms with Gasteiger partial charge in [-0.2, -0.15) is 9.38 Å². The van der Waals surface area contributed by atoms with Crippen LogP contribution >= 0.6 is 35.0 Å². The van der Waals surface area contributed by atoms with Crippen molar-refractivity contribution in [1.29, 1.82) is 0 Å². The van der Waals surface area contributed by atoms with Crippen molar-refractivity contribution in [2.45, 2.75) is 30.1 Å². The Kier molecular flexibility index (Phi) is 5.20. The highest BCUT2D eigenvalue weighted by Crippen LogP contribution is 2.38. The third-order valence-corrected chi connectivity index (χ3v) is 5.66. The summed E-state index contributed by atoms with van der Waals surface area (Å²) in [5.41, 5.74) is 1.16. The van der Waals surface area contributed by atoms with E-state index in [-0.39, 0.29) is 16.9 Å². The number of halogens is 2. The molecule has 0 saturated heterocycles. The lowest BCUT2D eigenvalue weighted by Crippen LogP contribution is -2.05. The van der Waals surface area contributed by atoms with Gasteiger partial charge in [-0.25, -0.2) is 0 Å². The lowest BCUT2D eigenvalue weighted by molar-refractivity contribution is -0.393. The van der Waals surface area contributed by atoms with Gasteiger partial charge < -0.3 is 10.1 Å². The molecule has 0 saturated carbocycles. The molecule has 11 heteroatoms. The van der Waals surface area contributed by atoms with Crippen LogP contribution in [-0.4, -0.2) is 29.1 Å². The van der Waals surface area contributed by atoms with Crippen LogP contribution in [0.4, 0.5) is 5.82 Å². The van der Waals surface area contributed by atoms with Crippen molar-refractivity contribution in [1.82, 2.24) is 24.1 Å². The summed E-state index contributed by atoms with van der Waals surface area (Å²) in [6.07, 6.45) is 1.61. The third kappa shape index (κ3) is 3.57. The van der Waals surface area contributed by atoms with Crippen molar-refractivity contribution in [3.05, 3.63) is 62.8 Å². The molecule has 3 heterocycles. The molecule has 0 bridgehead atoms. The summed E-state index contributed by atoms with van der Waals surface area (Å²) in [6, 6.07) is 10.3. The first-order valence-corrected chi connectivity index (χ1v) is 10.1. The first kappa shape index (κ1) is 19.7. The highest BCUT2D eigenvalue weighted by atomic mass is 35.5. The van der Waals surface area contributed by atoms with Crippen LogP contribution in [0.5, 0.6) is 0 Å². The molecule has 0 spiro atoms. The second kappa shape index (κ2) is 7.66. The maximum Gasteiger partial charge on any atom is 0.362 e. The maximum absolute atomic E-state index is 11.7. The molecule has 1 aromatic carbocycles. The van der Waals surface area contributed by atoms with Crippen LogP contribution in [0.25, 0.3) is 17.0 Å². The third-order valence-electron chi connectivity index (χ3n) is 4.19. The van der Waals surface area contributed by atoms with Crippen molar-refractivity contribution in [2.24, 2.45) is 0 Å². The Labute approximate surface area is 179 Å². The van der Waals surface area contributed by atoms with Crippen molar-refractivity contribution >= 4 is 46.4 Å². The smallest absolute Gasteiger partial charge is 0.358 e. The van der Waals surface area contributed by atoms with E-state index >= 15 is 0 Å². The fourth-order valence-electron chi connectivity index (χ4n) is 2.95. The lowest BCUT2D eigenvalue weighted by Gasteiger charge is -2.14. The van der Waals surface area contributed by atoms with Crippen LogP contribution < -0.4 is 0 Å². The second-order valence-corrected chi connectivity index (χ2v) is 8.22. The van der Waals surface area contributed by atoms with Gasteiger partial charge in [0.05, 0.1) is 11.2 Å². The molecule has 0 aliphatic carbocycles. The van der Waals surface area contributed by atoms with E-state index in [4.69, 9.17) is 23.2 Å². The fourth-order valence-corrected chi connectivity index (χ4v) is 4.50. The fraction of sp³-hybridized carbons (Fsp3) is 0.167. The number of nitro groups is 1. The van der Waals surface area contributed by atoms with E-state index in [0.29, 0.717) is 32.2 Å². The van der Waals surface area contributed by atoms with Crippen molar-refractivity contribution in [3.63, 3.8) is 0 Å². The molecular weight excluding hydrogens is 435 g/mol. The van der Waals surface area contributed by atoms with Gasteiger partial charge in [0.15, 0.2) is 11.0 Å². The summed E-state index contributed by atoms with van der Waals surface area (Å²) in [6.45, 7) is 3.94. The molecule has 29 heavy (non-hydrogen) atoms. The minimum atomic E-state index is -0.449. The molecule has 0 unspecified atom stereocenters. The van der Waals surface area contributed by atoms with E-state index < -0.39 is 4.92 Å². The molecular formula is C18H14Cl2N6O2S. The van der Waals surface area contributed by atoms with E-state index in [1.54, 1.807) is 42.6 Å². The summed E-state index contributed by atoms with van der Waals surface area (Å²) in [5, 5.41) is 21.9. The number of fused-ring (bicyclic) bond motifs is 1. The molecule has 0 fully saturated rings. The van der Waals surface area contributed by atoms with Gasteiger partial charge in [0.2, 0.25) is 10.7 Å². The Morgan fingerprint density at radius 1 is 1.17 bits per heavy atom. The van der Waals surface area contributed by atoms with Crippen LogP contribution in [0.2, 0.25) is 10.0 Å². The van der Waals surface area contributed by atoms with Gasteiger partial charge in [-0.1, -0.05) is 29.3 Å². The van der Waals surface area contributed by atoms with Crippen molar-refractivity contribution < 1.29 is 4.92 Å². The number of benzene rings is 1.